The molecule has 0 amide bonds. The number of nitrogens with one attached hydrogen (secondary N) is 4. The van der Waals surface area contributed by atoms with Crippen molar-refractivity contribution in [3.05, 3.63) is 0 Å². The number of hydrogen-bond acceptors (Lipinski definition) is 3. The Morgan fingerprint density at radius 3 is 2.33 bits per heavy atom. The van der Waals surface area contributed by atoms with Crippen molar-refractivity contribution < 1.29 is 0 Å². The summed E-state index contributed by atoms with van der Waals surface area (Å²) >= 11 is 4.87. The van der Waals surface area contributed by atoms with Crippen LogP contribution in [-0.2, 0) is 0 Å². The van der Waals surface area contributed by atoms with E-state index in [1.165, 1.54) is 0 Å². The third kappa shape index (κ3) is 0.772. The largest absolute Gasteiger partial charge is 0.344 e. The summed E-state index contributed by atoms with van der Waals surface area (Å²) in [4.78, 5) is 0. The van der Waals surface area contributed by atoms with Gasteiger partial charge in [0.2, 0.25) is 0 Å². The first-order valence-electron chi connectivity index (χ1n) is 2.90. The molecule has 50 valence electrons. The van der Waals surface area contributed by atoms with E-state index in [4.69, 9.17) is 12.2 Å². The molecule has 0 aromatic carbocycles. The van der Waals surface area contributed by atoms with Crippen LogP contribution in [0.3, 0.4) is 0 Å². The molecule has 0 bridgehead atoms. The maximum Gasteiger partial charge on any atom is 0.168 e. The summed E-state index contributed by atoms with van der Waals surface area (Å²) in [6.07, 6.45) is 0.579. The van der Waals surface area contributed by atoms with Gasteiger partial charge in [0.25, 0.3) is 0 Å². The smallest absolute Gasteiger partial charge is 0.168 e. The molecular weight excluding hydrogens is 136 g/mol. The van der Waals surface area contributed by atoms with Crippen molar-refractivity contribution in [1.82, 2.24) is 21.3 Å². The first-order chi connectivity index (χ1) is 4.36. The lowest BCUT2D eigenvalue weighted by atomic mass is 10.4. The van der Waals surface area contributed by atoms with E-state index in [9.17, 15) is 0 Å². The van der Waals surface area contributed by atoms with E-state index >= 15 is 0 Å². The van der Waals surface area contributed by atoms with E-state index in [-0.39, 0.29) is 12.3 Å². The van der Waals surface area contributed by atoms with Crippen LogP contribution in [0.2, 0.25) is 0 Å². The van der Waals surface area contributed by atoms with Crippen molar-refractivity contribution in [1.29, 1.82) is 0 Å². The highest BCUT2D eigenvalue weighted by Crippen LogP contribution is 1.98. The molecule has 2 fully saturated rings. The Balaban J connectivity index is 2.09. The highest BCUT2D eigenvalue weighted by atomic mass is 32.1. The van der Waals surface area contributed by atoms with Crippen LogP contribution in [0, 0.1) is 0 Å². The van der Waals surface area contributed by atoms with Crippen LogP contribution in [0.1, 0.15) is 0 Å². The van der Waals surface area contributed by atoms with Gasteiger partial charge in [0, 0.05) is 6.67 Å². The number of thiocarbonyl (C=S) groups is 1. The fraction of sp³-hybridized carbons (Fsp3) is 0.750. The quantitative estimate of drug-likeness (QED) is 0.304. The van der Waals surface area contributed by atoms with Gasteiger partial charge in [-0.15, -0.1) is 0 Å². The zero-order valence-corrected chi connectivity index (χ0v) is 5.59. The normalized spacial score (nSPS) is 39.8. The van der Waals surface area contributed by atoms with Gasteiger partial charge in [-0.05, 0) is 12.2 Å². The summed E-state index contributed by atoms with van der Waals surface area (Å²) in [5, 5.41) is 13.2. The van der Waals surface area contributed by atoms with Gasteiger partial charge in [-0.25, -0.2) is 0 Å². The van der Waals surface area contributed by atoms with E-state index in [0.717, 1.165) is 11.8 Å². The van der Waals surface area contributed by atoms with Gasteiger partial charge in [0.05, 0.1) is 0 Å². The lowest BCUT2D eigenvalue weighted by molar-refractivity contribution is 0.522. The second-order valence-electron chi connectivity index (χ2n) is 2.16. The van der Waals surface area contributed by atoms with Gasteiger partial charge >= 0.3 is 0 Å². The van der Waals surface area contributed by atoms with Crippen molar-refractivity contribution in [2.24, 2.45) is 0 Å². The first kappa shape index (κ1) is 5.40. The Kier molecular flexibility index (Phi) is 1.08. The number of rotatable bonds is 0. The summed E-state index contributed by atoms with van der Waals surface area (Å²) < 4.78 is 0. The van der Waals surface area contributed by atoms with E-state index in [2.05, 4.69) is 21.3 Å². The molecule has 9 heavy (non-hydrogen) atoms. The second kappa shape index (κ2) is 1.80. The molecule has 4 nitrogen and oxygen atoms in total. The van der Waals surface area contributed by atoms with E-state index in [1.807, 2.05) is 0 Å². The van der Waals surface area contributed by atoms with Crippen LogP contribution < -0.4 is 21.3 Å². The minimum Gasteiger partial charge on any atom is -0.344 e. The van der Waals surface area contributed by atoms with Crippen LogP contribution in [0.25, 0.3) is 0 Å². The molecule has 2 saturated heterocycles. The molecule has 0 radical (unpaired) electrons. The molecule has 2 heterocycles. The van der Waals surface area contributed by atoms with Gasteiger partial charge < -0.3 is 10.6 Å². The molecule has 0 aromatic rings. The lowest BCUT2D eigenvalue weighted by Gasteiger charge is -2.04. The standard InChI is InChI=1S/C4H8N4S/c9-4-7-2-3(8-4)6-1-5-2/h2-3,5-6H,1H2,(H2,7,8,9). The Morgan fingerprint density at radius 1 is 1.22 bits per heavy atom. The van der Waals surface area contributed by atoms with E-state index in [0.29, 0.717) is 0 Å². The minimum atomic E-state index is 0.289. The highest BCUT2D eigenvalue weighted by Gasteiger charge is 2.32. The van der Waals surface area contributed by atoms with Gasteiger partial charge in [-0.3, -0.25) is 10.6 Å². The topological polar surface area (TPSA) is 48.1 Å². The Labute approximate surface area is 58.4 Å². The molecule has 0 aromatic heterocycles. The molecule has 5 heteroatoms. The molecule has 2 unspecified atom stereocenters. The maximum atomic E-state index is 4.87. The lowest BCUT2D eigenvalue weighted by Crippen LogP contribution is -2.39. The van der Waals surface area contributed by atoms with Gasteiger partial charge in [0.15, 0.2) is 5.11 Å². The van der Waals surface area contributed by atoms with Crippen LogP contribution in [0.15, 0.2) is 0 Å². The van der Waals surface area contributed by atoms with E-state index < -0.39 is 0 Å². The highest BCUT2D eigenvalue weighted by molar-refractivity contribution is 7.80. The average molecular weight is 144 g/mol. The Morgan fingerprint density at radius 2 is 1.78 bits per heavy atom. The Bertz CT molecular complexity index is 134. The van der Waals surface area contributed by atoms with Crippen molar-refractivity contribution in [3.8, 4) is 0 Å². The van der Waals surface area contributed by atoms with Gasteiger partial charge in [-0.1, -0.05) is 0 Å². The molecule has 4 N–H and O–H groups in total. The fourth-order valence-electron chi connectivity index (χ4n) is 1.11. The molecule has 2 atom stereocenters. The van der Waals surface area contributed by atoms with Crippen molar-refractivity contribution in [2.75, 3.05) is 6.67 Å². The van der Waals surface area contributed by atoms with Crippen LogP contribution in [0.4, 0.5) is 0 Å². The summed E-state index contributed by atoms with van der Waals surface area (Å²) in [5.74, 6) is 0. The summed E-state index contributed by atoms with van der Waals surface area (Å²) in [6, 6.07) is 0. The summed E-state index contributed by atoms with van der Waals surface area (Å²) in [5.41, 5.74) is 0. The average Bonchev–Trinajstić information content (AvgIpc) is 2.22. The van der Waals surface area contributed by atoms with Crippen molar-refractivity contribution in [3.63, 3.8) is 0 Å². The molecule has 2 aliphatic heterocycles. The molecule has 2 rings (SSSR count). The van der Waals surface area contributed by atoms with Gasteiger partial charge in [0.1, 0.15) is 12.3 Å². The molecule has 0 aliphatic carbocycles. The van der Waals surface area contributed by atoms with Crippen molar-refractivity contribution in [2.45, 2.75) is 12.3 Å². The SMILES string of the molecule is S=C1NC2NCNC2N1. The fourth-order valence-corrected chi connectivity index (χ4v) is 1.36. The second-order valence-corrected chi connectivity index (χ2v) is 2.57. The molecule has 0 spiro atoms. The maximum absolute atomic E-state index is 4.87. The summed E-state index contributed by atoms with van der Waals surface area (Å²) in [7, 11) is 0. The summed E-state index contributed by atoms with van der Waals surface area (Å²) in [6.45, 7) is 0.845. The van der Waals surface area contributed by atoms with Crippen molar-refractivity contribution >= 4 is 17.3 Å². The third-order valence-corrected chi connectivity index (χ3v) is 1.79. The minimum absolute atomic E-state index is 0.289. The zero-order chi connectivity index (χ0) is 6.27. The molecular formula is C4H8N4S. The first-order valence-corrected chi connectivity index (χ1v) is 3.31. The van der Waals surface area contributed by atoms with Crippen LogP contribution in [0.5, 0.6) is 0 Å². The monoisotopic (exact) mass is 144 g/mol. The Hall–Kier alpha value is -0.390. The predicted molar refractivity (Wildman–Crippen MR) is 37.6 cm³/mol. The number of fused-ring (bicyclic) bond motifs is 1. The van der Waals surface area contributed by atoms with Crippen LogP contribution >= 0.6 is 12.2 Å². The third-order valence-electron chi connectivity index (χ3n) is 1.55. The van der Waals surface area contributed by atoms with Gasteiger partial charge in [-0.2, -0.15) is 0 Å². The number of hydrogen-bond donors (Lipinski definition) is 4. The van der Waals surface area contributed by atoms with E-state index in [1.54, 1.807) is 0 Å². The molecule has 0 saturated carbocycles. The van der Waals surface area contributed by atoms with Crippen LogP contribution in [-0.4, -0.2) is 24.1 Å². The zero-order valence-electron chi connectivity index (χ0n) is 4.77. The molecule has 2 aliphatic rings. The predicted octanol–water partition coefficient (Wildman–Crippen LogP) is -1.73.